The third kappa shape index (κ3) is 3.33. The van der Waals surface area contributed by atoms with E-state index < -0.39 is 12.0 Å². The van der Waals surface area contributed by atoms with Gasteiger partial charge in [0, 0.05) is 19.4 Å². The molecule has 4 nitrogen and oxygen atoms in total. The zero-order valence-electron chi connectivity index (χ0n) is 11.5. The molecule has 1 aromatic rings. The SMILES string of the molecule is Cc1cccc(C[C@@H](C(=O)O)N2CC(CS)CC2=O)c1. The molecule has 0 saturated carbocycles. The van der Waals surface area contributed by atoms with Crippen LogP contribution in [0, 0.1) is 12.8 Å². The molecule has 1 N–H and O–H groups in total. The Morgan fingerprint density at radius 1 is 1.55 bits per heavy atom. The summed E-state index contributed by atoms with van der Waals surface area (Å²) in [5, 5.41) is 9.43. The molecule has 1 heterocycles. The fraction of sp³-hybridized carbons (Fsp3) is 0.467. The number of hydrogen-bond donors (Lipinski definition) is 2. The van der Waals surface area contributed by atoms with Crippen molar-refractivity contribution in [2.45, 2.75) is 25.8 Å². The lowest BCUT2D eigenvalue weighted by molar-refractivity contribution is -0.148. The van der Waals surface area contributed by atoms with Crippen molar-refractivity contribution in [3.05, 3.63) is 35.4 Å². The van der Waals surface area contributed by atoms with E-state index in [1.54, 1.807) is 0 Å². The van der Waals surface area contributed by atoms with Gasteiger partial charge in [-0.25, -0.2) is 4.79 Å². The number of aryl methyl sites for hydroxylation is 1. The third-order valence-electron chi connectivity index (χ3n) is 3.67. The van der Waals surface area contributed by atoms with E-state index in [4.69, 9.17) is 0 Å². The molecule has 0 radical (unpaired) electrons. The normalized spacial score (nSPS) is 20.2. The van der Waals surface area contributed by atoms with E-state index in [0.29, 0.717) is 25.1 Å². The van der Waals surface area contributed by atoms with Crippen LogP contribution in [0.25, 0.3) is 0 Å². The van der Waals surface area contributed by atoms with Gasteiger partial charge in [0.1, 0.15) is 6.04 Å². The fourth-order valence-electron chi connectivity index (χ4n) is 2.63. The first-order valence-electron chi connectivity index (χ1n) is 6.70. The number of likely N-dealkylation sites (tertiary alicyclic amines) is 1. The Bertz CT molecular complexity index is 518. The molecule has 1 aliphatic heterocycles. The summed E-state index contributed by atoms with van der Waals surface area (Å²) in [5.74, 6) is -0.257. The second kappa shape index (κ2) is 6.31. The molecule has 5 heteroatoms. The number of benzene rings is 1. The molecule has 0 aliphatic carbocycles. The van der Waals surface area contributed by atoms with Crippen molar-refractivity contribution in [2.24, 2.45) is 5.92 Å². The third-order valence-corrected chi connectivity index (χ3v) is 4.19. The second-order valence-electron chi connectivity index (χ2n) is 5.35. The van der Waals surface area contributed by atoms with Gasteiger partial charge in [0.05, 0.1) is 0 Å². The van der Waals surface area contributed by atoms with Crippen molar-refractivity contribution in [3.63, 3.8) is 0 Å². The summed E-state index contributed by atoms with van der Waals surface area (Å²) in [5.41, 5.74) is 2.03. The summed E-state index contributed by atoms with van der Waals surface area (Å²) in [6.45, 7) is 2.46. The van der Waals surface area contributed by atoms with Crippen molar-refractivity contribution < 1.29 is 14.7 Å². The predicted octanol–water partition coefficient (Wildman–Crippen LogP) is 1.77. The summed E-state index contributed by atoms with van der Waals surface area (Å²) in [4.78, 5) is 25.0. The van der Waals surface area contributed by atoms with Crippen LogP contribution in [-0.2, 0) is 16.0 Å². The van der Waals surface area contributed by atoms with E-state index in [1.165, 1.54) is 4.90 Å². The molecule has 108 valence electrons. The second-order valence-corrected chi connectivity index (χ2v) is 5.71. The number of carbonyl (C=O) groups excluding carboxylic acids is 1. The molecule has 2 atom stereocenters. The lowest BCUT2D eigenvalue weighted by Crippen LogP contribution is -2.43. The molecule has 20 heavy (non-hydrogen) atoms. The Labute approximate surface area is 124 Å². The molecule has 0 aromatic heterocycles. The van der Waals surface area contributed by atoms with E-state index in [-0.39, 0.29) is 11.8 Å². The molecule has 1 amide bonds. The highest BCUT2D eigenvalue weighted by Gasteiger charge is 2.37. The van der Waals surface area contributed by atoms with E-state index in [1.807, 2.05) is 31.2 Å². The van der Waals surface area contributed by atoms with Gasteiger partial charge in [0.25, 0.3) is 0 Å². The predicted molar refractivity (Wildman–Crippen MR) is 80.0 cm³/mol. The van der Waals surface area contributed by atoms with Gasteiger partial charge in [-0.1, -0.05) is 29.8 Å². The fourth-order valence-corrected chi connectivity index (χ4v) is 2.87. The molecule has 1 unspecified atom stereocenters. The lowest BCUT2D eigenvalue weighted by Gasteiger charge is -2.25. The molecular weight excluding hydrogens is 274 g/mol. The van der Waals surface area contributed by atoms with Crippen LogP contribution in [0.15, 0.2) is 24.3 Å². The van der Waals surface area contributed by atoms with Gasteiger partial charge in [-0.2, -0.15) is 12.6 Å². The first-order chi connectivity index (χ1) is 9.51. The van der Waals surface area contributed by atoms with Crippen LogP contribution >= 0.6 is 12.6 Å². The van der Waals surface area contributed by atoms with Crippen LogP contribution in [0.1, 0.15) is 17.5 Å². The minimum Gasteiger partial charge on any atom is -0.480 e. The highest BCUT2D eigenvalue weighted by Crippen LogP contribution is 2.23. The summed E-state index contributed by atoms with van der Waals surface area (Å²) in [6, 6.07) is 6.96. The number of carboxylic acid groups (broad SMARTS) is 1. The maximum atomic E-state index is 12.0. The van der Waals surface area contributed by atoms with Gasteiger partial charge >= 0.3 is 5.97 Å². The highest BCUT2D eigenvalue weighted by molar-refractivity contribution is 7.80. The van der Waals surface area contributed by atoms with Crippen LogP contribution in [0.3, 0.4) is 0 Å². The summed E-state index contributed by atoms with van der Waals surface area (Å²) >= 11 is 4.20. The maximum absolute atomic E-state index is 12.0. The average molecular weight is 293 g/mol. The van der Waals surface area contributed by atoms with Gasteiger partial charge in [-0.15, -0.1) is 0 Å². The van der Waals surface area contributed by atoms with E-state index >= 15 is 0 Å². The zero-order chi connectivity index (χ0) is 14.7. The summed E-state index contributed by atoms with van der Waals surface area (Å²) in [7, 11) is 0. The van der Waals surface area contributed by atoms with E-state index in [0.717, 1.165) is 11.1 Å². The maximum Gasteiger partial charge on any atom is 0.326 e. The average Bonchev–Trinajstić information content (AvgIpc) is 2.77. The van der Waals surface area contributed by atoms with Crippen LogP contribution < -0.4 is 0 Å². The van der Waals surface area contributed by atoms with Crippen molar-refractivity contribution in [2.75, 3.05) is 12.3 Å². The number of amides is 1. The largest absolute Gasteiger partial charge is 0.480 e. The Morgan fingerprint density at radius 3 is 2.85 bits per heavy atom. The first kappa shape index (κ1) is 14.9. The van der Waals surface area contributed by atoms with Crippen LogP contribution in [-0.4, -0.2) is 40.2 Å². The smallest absolute Gasteiger partial charge is 0.326 e. The topological polar surface area (TPSA) is 57.6 Å². The number of carbonyl (C=O) groups is 2. The van der Waals surface area contributed by atoms with Crippen molar-refractivity contribution in [1.29, 1.82) is 0 Å². The van der Waals surface area contributed by atoms with Crippen molar-refractivity contribution >= 4 is 24.5 Å². The monoisotopic (exact) mass is 293 g/mol. The van der Waals surface area contributed by atoms with Crippen molar-refractivity contribution in [1.82, 2.24) is 4.90 Å². The molecule has 1 aromatic carbocycles. The standard InChI is InChI=1S/C15H19NO3S/c1-10-3-2-4-11(5-10)6-13(15(18)19)16-8-12(9-20)7-14(16)17/h2-5,12-13,20H,6-9H2,1H3,(H,18,19)/t12?,13-/m0/s1. The van der Waals surface area contributed by atoms with Crippen LogP contribution in [0.2, 0.25) is 0 Å². The van der Waals surface area contributed by atoms with E-state index in [9.17, 15) is 14.7 Å². The molecule has 0 bridgehead atoms. The number of thiol groups is 1. The highest BCUT2D eigenvalue weighted by atomic mass is 32.1. The summed E-state index contributed by atoms with van der Waals surface area (Å²) in [6.07, 6.45) is 0.753. The number of hydrogen-bond acceptors (Lipinski definition) is 3. The minimum atomic E-state index is -0.945. The number of nitrogens with zero attached hydrogens (tertiary/aromatic N) is 1. The Hall–Kier alpha value is -1.49. The Kier molecular flexibility index (Phi) is 4.70. The number of rotatable bonds is 5. The van der Waals surface area contributed by atoms with Crippen LogP contribution in [0.5, 0.6) is 0 Å². The van der Waals surface area contributed by atoms with Gasteiger partial charge in [-0.05, 0) is 24.2 Å². The summed E-state index contributed by atoms with van der Waals surface area (Å²) < 4.78 is 0. The molecule has 0 spiro atoms. The van der Waals surface area contributed by atoms with Gasteiger partial charge < -0.3 is 10.0 Å². The van der Waals surface area contributed by atoms with Crippen molar-refractivity contribution in [3.8, 4) is 0 Å². The zero-order valence-corrected chi connectivity index (χ0v) is 12.3. The molecule has 1 saturated heterocycles. The Balaban J connectivity index is 2.16. The van der Waals surface area contributed by atoms with Gasteiger partial charge in [0.15, 0.2) is 0 Å². The van der Waals surface area contributed by atoms with E-state index in [2.05, 4.69) is 12.6 Å². The lowest BCUT2D eigenvalue weighted by atomic mass is 10.0. The quantitative estimate of drug-likeness (QED) is 0.814. The number of carboxylic acids is 1. The molecule has 1 fully saturated rings. The number of aliphatic carboxylic acids is 1. The first-order valence-corrected chi connectivity index (χ1v) is 7.33. The van der Waals surface area contributed by atoms with Crippen LogP contribution in [0.4, 0.5) is 0 Å². The Morgan fingerprint density at radius 2 is 2.30 bits per heavy atom. The molecule has 1 aliphatic rings. The minimum absolute atomic E-state index is 0.0795. The van der Waals surface area contributed by atoms with Gasteiger partial charge in [-0.3, -0.25) is 4.79 Å². The molecular formula is C15H19NO3S. The van der Waals surface area contributed by atoms with Gasteiger partial charge in [0.2, 0.25) is 5.91 Å². The molecule has 2 rings (SSSR count).